The molecule has 0 spiro atoms. The molecule has 0 bridgehead atoms. The second-order valence-electron chi connectivity index (χ2n) is 6.70. The molecule has 1 aliphatic rings. The van der Waals surface area contributed by atoms with Crippen molar-refractivity contribution in [3.05, 3.63) is 24.3 Å². The maximum atomic E-state index is 8.93. The van der Waals surface area contributed by atoms with Gasteiger partial charge in [-0.1, -0.05) is 0 Å². The molecule has 0 atom stereocenters. The number of aromatic nitrogens is 4. The molecule has 1 saturated carbocycles. The van der Waals surface area contributed by atoms with Crippen molar-refractivity contribution >= 4 is 22.1 Å². The summed E-state index contributed by atoms with van der Waals surface area (Å²) in [5.41, 5.74) is 3.07. The van der Waals surface area contributed by atoms with Gasteiger partial charge in [0.1, 0.15) is 17.0 Å². The van der Waals surface area contributed by atoms with E-state index < -0.39 is 0 Å². The number of pyridine rings is 1. The van der Waals surface area contributed by atoms with Gasteiger partial charge in [0.2, 0.25) is 0 Å². The molecular formula is C18H22N6. The number of aromatic amines is 1. The smallest absolute Gasteiger partial charge is 0.139 e. The zero-order chi connectivity index (χ0) is 16.5. The van der Waals surface area contributed by atoms with Crippen molar-refractivity contribution in [2.75, 3.05) is 7.05 Å². The van der Waals surface area contributed by atoms with Gasteiger partial charge in [0.25, 0.3) is 0 Å². The van der Waals surface area contributed by atoms with E-state index in [4.69, 9.17) is 10.2 Å². The Morgan fingerprint density at radius 1 is 1.38 bits per heavy atom. The Morgan fingerprint density at radius 2 is 2.21 bits per heavy atom. The number of nitriles is 1. The van der Waals surface area contributed by atoms with Crippen LogP contribution in [0.1, 0.15) is 44.0 Å². The molecule has 4 rings (SSSR count). The van der Waals surface area contributed by atoms with E-state index in [0.29, 0.717) is 18.4 Å². The van der Waals surface area contributed by atoms with Crippen molar-refractivity contribution in [1.29, 1.82) is 5.26 Å². The highest BCUT2D eigenvalue weighted by atomic mass is 15.1. The zero-order valence-electron chi connectivity index (χ0n) is 13.9. The lowest BCUT2D eigenvalue weighted by molar-refractivity contribution is 0.277. The number of nitrogens with one attached hydrogen (secondary N) is 2. The molecule has 0 saturated heterocycles. The van der Waals surface area contributed by atoms with Crippen molar-refractivity contribution in [3.63, 3.8) is 0 Å². The molecule has 3 aromatic heterocycles. The lowest BCUT2D eigenvalue weighted by atomic mass is 9.84. The van der Waals surface area contributed by atoms with Gasteiger partial charge in [0.05, 0.1) is 24.3 Å². The number of nitrogens with zero attached hydrogens (tertiary/aromatic N) is 4. The Kier molecular flexibility index (Phi) is 3.95. The van der Waals surface area contributed by atoms with Crippen molar-refractivity contribution in [2.24, 2.45) is 5.92 Å². The quantitative estimate of drug-likeness (QED) is 0.772. The first-order valence-corrected chi connectivity index (χ1v) is 8.66. The van der Waals surface area contributed by atoms with Gasteiger partial charge < -0.3 is 14.9 Å². The molecule has 6 heteroatoms. The normalized spacial score (nSPS) is 21.3. The molecule has 3 aromatic rings. The SMILES string of the molecule is CNCc1nc2cnc3[nH]ccc3c2n1[C@H]1CC[C@H](CC#N)CC1. The minimum Gasteiger partial charge on any atom is -0.346 e. The van der Waals surface area contributed by atoms with E-state index >= 15 is 0 Å². The van der Waals surface area contributed by atoms with Crippen LogP contribution in [0, 0.1) is 17.2 Å². The van der Waals surface area contributed by atoms with E-state index in [0.717, 1.165) is 54.6 Å². The summed E-state index contributed by atoms with van der Waals surface area (Å²) in [6, 6.07) is 4.87. The van der Waals surface area contributed by atoms with E-state index in [1.54, 1.807) is 0 Å². The van der Waals surface area contributed by atoms with Gasteiger partial charge in [-0.25, -0.2) is 9.97 Å². The van der Waals surface area contributed by atoms with Gasteiger partial charge in [-0.2, -0.15) is 5.26 Å². The van der Waals surface area contributed by atoms with Crippen LogP contribution < -0.4 is 5.32 Å². The molecule has 0 amide bonds. The average Bonchev–Trinajstić information content (AvgIpc) is 3.20. The second kappa shape index (κ2) is 6.25. The molecule has 0 aromatic carbocycles. The number of H-pyrrole nitrogens is 1. The van der Waals surface area contributed by atoms with E-state index in [2.05, 4.69) is 32.0 Å². The van der Waals surface area contributed by atoms with Crippen LogP contribution in [-0.2, 0) is 6.54 Å². The molecule has 3 heterocycles. The first-order chi connectivity index (χ1) is 11.8. The molecule has 1 aliphatic carbocycles. The van der Waals surface area contributed by atoms with E-state index in [9.17, 15) is 0 Å². The summed E-state index contributed by atoms with van der Waals surface area (Å²) < 4.78 is 2.42. The Hall–Kier alpha value is -2.39. The van der Waals surface area contributed by atoms with Crippen molar-refractivity contribution in [3.8, 4) is 6.07 Å². The Morgan fingerprint density at radius 3 is 2.96 bits per heavy atom. The average molecular weight is 322 g/mol. The van der Waals surface area contributed by atoms with Crippen LogP contribution >= 0.6 is 0 Å². The van der Waals surface area contributed by atoms with E-state index in [-0.39, 0.29) is 0 Å². The fourth-order valence-electron chi connectivity index (χ4n) is 4.05. The first kappa shape index (κ1) is 15.2. The van der Waals surface area contributed by atoms with Crippen molar-refractivity contribution < 1.29 is 0 Å². The predicted octanol–water partition coefficient (Wildman–Crippen LogP) is 3.28. The summed E-state index contributed by atoms with van der Waals surface area (Å²) in [5.74, 6) is 1.63. The summed E-state index contributed by atoms with van der Waals surface area (Å²) in [7, 11) is 1.96. The summed E-state index contributed by atoms with van der Waals surface area (Å²) in [6.45, 7) is 0.749. The van der Waals surface area contributed by atoms with Crippen molar-refractivity contribution in [2.45, 2.75) is 44.7 Å². The van der Waals surface area contributed by atoms with Gasteiger partial charge in [-0.05, 0) is 44.7 Å². The van der Waals surface area contributed by atoms with Gasteiger partial charge in [0, 0.05) is 24.0 Å². The van der Waals surface area contributed by atoms with Crippen LogP contribution in [0.25, 0.3) is 22.1 Å². The summed E-state index contributed by atoms with van der Waals surface area (Å²) in [4.78, 5) is 12.5. The minimum atomic E-state index is 0.453. The zero-order valence-corrected chi connectivity index (χ0v) is 13.9. The lowest BCUT2D eigenvalue weighted by Gasteiger charge is -2.30. The topological polar surface area (TPSA) is 82.3 Å². The molecule has 0 aliphatic heterocycles. The molecule has 6 nitrogen and oxygen atoms in total. The Balaban J connectivity index is 1.79. The van der Waals surface area contributed by atoms with Crippen molar-refractivity contribution in [1.82, 2.24) is 24.8 Å². The Labute approximate surface area is 140 Å². The van der Waals surface area contributed by atoms with Gasteiger partial charge in [-0.3, -0.25) is 0 Å². The van der Waals surface area contributed by atoms with Crippen LogP contribution in [0.2, 0.25) is 0 Å². The van der Waals surface area contributed by atoms with E-state index in [1.807, 2.05) is 19.4 Å². The molecule has 1 fully saturated rings. The van der Waals surface area contributed by atoms with Crippen LogP contribution in [0.4, 0.5) is 0 Å². The number of hydrogen-bond acceptors (Lipinski definition) is 4. The molecule has 0 radical (unpaired) electrons. The summed E-state index contributed by atoms with van der Waals surface area (Å²) in [5, 5.41) is 13.3. The number of hydrogen-bond donors (Lipinski definition) is 2. The van der Waals surface area contributed by atoms with Gasteiger partial charge in [-0.15, -0.1) is 0 Å². The van der Waals surface area contributed by atoms with Gasteiger partial charge >= 0.3 is 0 Å². The fraction of sp³-hybridized carbons (Fsp3) is 0.500. The summed E-state index contributed by atoms with van der Waals surface area (Å²) in [6.07, 6.45) is 8.97. The number of fused-ring (bicyclic) bond motifs is 3. The standard InChI is InChI=1S/C18H22N6/c1-20-11-16-23-15-10-22-18-14(7-9-21-18)17(15)24(16)13-4-2-12(3-5-13)6-8-19/h7,9-10,12-13,20H,2-6,11H2,1H3,(H,21,22)/t12-,13-. The van der Waals surface area contributed by atoms with Crippen LogP contribution in [-0.4, -0.2) is 26.6 Å². The van der Waals surface area contributed by atoms with Gasteiger partial charge in [0.15, 0.2) is 0 Å². The van der Waals surface area contributed by atoms with E-state index in [1.165, 1.54) is 5.52 Å². The molecule has 24 heavy (non-hydrogen) atoms. The van der Waals surface area contributed by atoms with Crippen LogP contribution in [0.3, 0.4) is 0 Å². The number of imidazole rings is 1. The monoisotopic (exact) mass is 322 g/mol. The third-order valence-corrected chi connectivity index (χ3v) is 5.20. The highest BCUT2D eigenvalue weighted by molar-refractivity contribution is 6.01. The fourth-order valence-corrected chi connectivity index (χ4v) is 4.05. The maximum absolute atomic E-state index is 8.93. The number of rotatable bonds is 4. The highest BCUT2D eigenvalue weighted by Crippen LogP contribution is 2.37. The summed E-state index contributed by atoms with van der Waals surface area (Å²) >= 11 is 0. The molecule has 124 valence electrons. The second-order valence-corrected chi connectivity index (χ2v) is 6.70. The minimum absolute atomic E-state index is 0.453. The Bertz CT molecular complexity index is 891. The van der Waals surface area contributed by atoms with Crippen LogP contribution in [0.15, 0.2) is 18.5 Å². The molecule has 0 unspecified atom stereocenters. The van der Waals surface area contributed by atoms with Crippen LogP contribution in [0.5, 0.6) is 0 Å². The third kappa shape index (κ3) is 2.45. The molecular weight excluding hydrogens is 300 g/mol. The lowest BCUT2D eigenvalue weighted by Crippen LogP contribution is -2.21. The highest BCUT2D eigenvalue weighted by Gasteiger charge is 2.26. The maximum Gasteiger partial charge on any atom is 0.139 e. The molecule has 2 N–H and O–H groups in total. The third-order valence-electron chi connectivity index (χ3n) is 5.20. The first-order valence-electron chi connectivity index (χ1n) is 8.66. The largest absolute Gasteiger partial charge is 0.346 e. The predicted molar refractivity (Wildman–Crippen MR) is 93.4 cm³/mol.